The van der Waals surface area contributed by atoms with Crippen LogP contribution >= 0.6 is 0 Å². The number of carbonyl (C=O) groups is 2. The molecule has 156 valence electrons. The van der Waals surface area contributed by atoms with Crippen molar-refractivity contribution in [2.75, 3.05) is 19.7 Å². The molecule has 0 fully saturated rings. The van der Waals surface area contributed by atoms with Crippen LogP contribution < -0.4 is 10.0 Å². The van der Waals surface area contributed by atoms with Crippen molar-refractivity contribution < 1.29 is 22.7 Å². The van der Waals surface area contributed by atoms with E-state index in [2.05, 4.69) is 36.0 Å². The topological polar surface area (TPSA) is 102 Å². The number of rotatable bonds is 10. The highest BCUT2D eigenvalue weighted by atomic mass is 32.2. The Morgan fingerprint density at radius 3 is 2.28 bits per heavy atom. The molecule has 0 aliphatic heterocycles. The number of sulfonamides is 1. The highest BCUT2D eigenvalue weighted by Gasteiger charge is 2.16. The predicted octanol–water partition coefficient (Wildman–Crippen LogP) is 1.99. The fourth-order valence-corrected chi connectivity index (χ4v) is 3.49. The Kier molecular flexibility index (Phi) is 8.35. The summed E-state index contributed by atoms with van der Waals surface area (Å²) in [6.07, 6.45) is 0.662. The quantitative estimate of drug-likeness (QED) is 0.575. The highest BCUT2D eigenvalue weighted by Crippen LogP contribution is 2.14. The summed E-state index contributed by atoms with van der Waals surface area (Å²) in [6.45, 7) is 3.66. The molecule has 29 heavy (non-hydrogen) atoms. The van der Waals surface area contributed by atoms with Gasteiger partial charge in [-0.15, -0.1) is 0 Å². The summed E-state index contributed by atoms with van der Waals surface area (Å²) in [5, 5.41) is 2.67. The Balaban J connectivity index is 1.66. The lowest BCUT2D eigenvalue weighted by atomic mass is 10.0. The van der Waals surface area contributed by atoms with Crippen LogP contribution in [0.5, 0.6) is 0 Å². The van der Waals surface area contributed by atoms with Crippen LogP contribution in [0.2, 0.25) is 0 Å². The van der Waals surface area contributed by atoms with E-state index in [-0.39, 0.29) is 4.90 Å². The molecule has 1 amide bonds. The Hall–Kier alpha value is -2.71. The first-order valence-corrected chi connectivity index (χ1v) is 10.8. The molecule has 0 aromatic heterocycles. The number of hydrogen-bond acceptors (Lipinski definition) is 5. The molecule has 2 aromatic carbocycles. The third kappa shape index (κ3) is 7.67. The minimum Gasteiger partial charge on any atom is -0.455 e. The number of ether oxygens (including phenoxy) is 1. The Morgan fingerprint density at radius 2 is 1.66 bits per heavy atom. The van der Waals surface area contributed by atoms with Gasteiger partial charge in [0.2, 0.25) is 10.0 Å². The van der Waals surface area contributed by atoms with Crippen molar-refractivity contribution in [2.24, 2.45) is 0 Å². The molecule has 0 saturated heterocycles. The average molecular weight is 419 g/mol. The van der Waals surface area contributed by atoms with E-state index in [1.54, 1.807) is 18.2 Å². The minimum atomic E-state index is -3.80. The Morgan fingerprint density at radius 1 is 1.00 bits per heavy atom. The van der Waals surface area contributed by atoms with Crippen molar-refractivity contribution in [3.63, 3.8) is 0 Å². The van der Waals surface area contributed by atoms with Crippen LogP contribution in [0.3, 0.4) is 0 Å². The molecule has 0 spiro atoms. The number of esters is 1. The lowest BCUT2D eigenvalue weighted by molar-refractivity contribution is -0.147. The van der Waals surface area contributed by atoms with Gasteiger partial charge in [0.05, 0.1) is 4.90 Å². The molecule has 0 heterocycles. The zero-order chi connectivity index (χ0) is 21.3. The van der Waals surface area contributed by atoms with Gasteiger partial charge in [-0.25, -0.2) is 8.42 Å². The standard InChI is InChI=1S/C21H26N2O5S/c1-16(2)18-10-8-17(9-11-18)12-13-22-20(24)15-28-21(25)14-23-29(26,27)19-6-4-3-5-7-19/h3-11,16,23H,12-15H2,1-2H3,(H,22,24). The molecule has 2 rings (SSSR count). The first kappa shape index (κ1) is 22.6. The number of nitrogens with one attached hydrogen (secondary N) is 2. The minimum absolute atomic E-state index is 0.0481. The molecule has 0 aliphatic carbocycles. The molecule has 0 saturated carbocycles. The third-order valence-electron chi connectivity index (χ3n) is 4.21. The molecule has 8 heteroatoms. The second-order valence-electron chi connectivity index (χ2n) is 6.79. The maximum Gasteiger partial charge on any atom is 0.321 e. The molecular formula is C21H26N2O5S. The molecule has 2 N–H and O–H groups in total. The molecular weight excluding hydrogens is 392 g/mol. The van der Waals surface area contributed by atoms with Crippen LogP contribution in [0.25, 0.3) is 0 Å². The summed E-state index contributed by atoms with van der Waals surface area (Å²) >= 11 is 0. The van der Waals surface area contributed by atoms with Gasteiger partial charge < -0.3 is 10.1 Å². The van der Waals surface area contributed by atoms with Gasteiger partial charge >= 0.3 is 5.97 Å². The van der Waals surface area contributed by atoms with Gasteiger partial charge in [0.15, 0.2) is 6.61 Å². The average Bonchev–Trinajstić information content (AvgIpc) is 2.72. The van der Waals surface area contributed by atoms with E-state index in [9.17, 15) is 18.0 Å². The normalized spacial score (nSPS) is 11.3. The maximum absolute atomic E-state index is 12.0. The smallest absolute Gasteiger partial charge is 0.321 e. The van der Waals surface area contributed by atoms with E-state index >= 15 is 0 Å². The van der Waals surface area contributed by atoms with Crippen LogP contribution in [0, 0.1) is 0 Å². The number of amides is 1. The molecule has 0 radical (unpaired) electrons. The number of hydrogen-bond donors (Lipinski definition) is 2. The lowest BCUT2D eigenvalue weighted by Crippen LogP contribution is -2.34. The van der Waals surface area contributed by atoms with Crippen LogP contribution in [-0.4, -0.2) is 40.0 Å². The summed E-state index contributed by atoms with van der Waals surface area (Å²) in [5.74, 6) is -0.803. The molecule has 0 unspecified atom stereocenters. The number of benzene rings is 2. The molecule has 7 nitrogen and oxygen atoms in total. The van der Waals surface area contributed by atoms with Gasteiger partial charge in [-0.05, 0) is 35.6 Å². The van der Waals surface area contributed by atoms with E-state index in [0.29, 0.717) is 18.9 Å². The van der Waals surface area contributed by atoms with E-state index in [4.69, 9.17) is 4.74 Å². The first-order valence-electron chi connectivity index (χ1n) is 9.34. The van der Waals surface area contributed by atoms with Crippen LogP contribution in [-0.2, 0) is 30.8 Å². The fourth-order valence-electron chi connectivity index (χ4n) is 2.50. The molecule has 2 aromatic rings. The zero-order valence-corrected chi connectivity index (χ0v) is 17.4. The number of carbonyl (C=O) groups excluding carboxylic acids is 2. The van der Waals surface area contributed by atoms with E-state index in [1.807, 2.05) is 12.1 Å². The first-order chi connectivity index (χ1) is 13.8. The van der Waals surface area contributed by atoms with Crippen molar-refractivity contribution in [3.8, 4) is 0 Å². The third-order valence-corrected chi connectivity index (χ3v) is 5.62. The van der Waals surface area contributed by atoms with Crippen molar-refractivity contribution in [1.82, 2.24) is 10.0 Å². The summed E-state index contributed by atoms with van der Waals surface area (Å²) in [7, 11) is -3.80. The summed E-state index contributed by atoms with van der Waals surface area (Å²) in [6, 6.07) is 15.9. The van der Waals surface area contributed by atoms with Gasteiger partial charge in [0.1, 0.15) is 6.54 Å². The Labute approximate surface area is 171 Å². The summed E-state index contributed by atoms with van der Waals surface area (Å²) in [4.78, 5) is 23.5. The van der Waals surface area contributed by atoms with E-state index in [0.717, 1.165) is 5.56 Å². The molecule has 0 atom stereocenters. The lowest BCUT2D eigenvalue weighted by Gasteiger charge is -2.09. The zero-order valence-electron chi connectivity index (χ0n) is 16.6. The SMILES string of the molecule is CC(C)c1ccc(CCNC(=O)COC(=O)CNS(=O)(=O)c2ccccc2)cc1. The van der Waals surface area contributed by atoms with Gasteiger partial charge in [0.25, 0.3) is 5.91 Å². The maximum atomic E-state index is 12.0. The molecule has 0 aliphatic rings. The van der Waals surface area contributed by atoms with Crippen LogP contribution in [0.1, 0.15) is 30.9 Å². The predicted molar refractivity (Wildman–Crippen MR) is 110 cm³/mol. The van der Waals surface area contributed by atoms with Crippen LogP contribution in [0.15, 0.2) is 59.5 Å². The summed E-state index contributed by atoms with van der Waals surface area (Å²) in [5.41, 5.74) is 2.36. The van der Waals surface area contributed by atoms with Crippen LogP contribution in [0.4, 0.5) is 0 Å². The van der Waals surface area contributed by atoms with Crippen molar-refractivity contribution in [2.45, 2.75) is 31.1 Å². The highest BCUT2D eigenvalue weighted by molar-refractivity contribution is 7.89. The van der Waals surface area contributed by atoms with Gasteiger partial charge in [-0.2, -0.15) is 4.72 Å². The van der Waals surface area contributed by atoms with E-state index < -0.39 is 35.1 Å². The second kappa shape index (κ2) is 10.7. The van der Waals surface area contributed by atoms with Gasteiger partial charge in [-0.3, -0.25) is 9.59 Å². The largest absolute Gasteiger partial charge is 0.455 e. The van der Waals surface area contributed by atoms with Crippen molar-refractivity contribution in [1.29, 1.82) is 0 Å². The van der Waals surface area contributed by atoms with Gasteiger partial charge in [0, 0.05) is 6.54 Å². The second-order valence-corrected chi connectivity index (χ2v) is 8.56. The monoisotopic (exact) mass is 418 g/mol. The fraction of sp³-hybridized carbons (Fsp3) is 0.333. The van der Waals surface area contributed by atoms with Gasteiger partial charge in [-0.1, -0.05) is 56.3 Å². The van der Waals surface area contributed by atoms with Crippen molar-refractivity contribution in [3.05, 3.63) is 65.7 Å². The Bertz CT molecular complexity index is 910. The summed E-state index contributed by atoms with van der Waals surface area (Å²) < 4.78 is 31.0. The van der Waals surface area contributed by atoms with E-state index in [1.165, 1.54) is 17.7 Å². The molecule has 0 bridgehead atoms. The van der Waals surface area contributed by atoms with Crippen molar-refractivity contribution >= 4 is 21.9 Å².